The van der Waals surface area contributed by atoms with E-state index in [2.05, 4.69) is 5.32 Å². The van der Waals surface area contributed by atoms with E-state index in [-0.39, 0.29) is 22.8 Å². The first-order valence-corrected chi connectivity index (χ1v) is 5.52. The van der Waals surface area contributed by atoms with Gasteiger partial charge in [0.1, 0.15) is 6.54 Å². The van der Waals surface area contributed by atoms with Crippen LogP contribution in [-0.2, 0) is 4.79 Å². The Hall–Kier alpha value is -2.28. The summed E-state index contributed by atoms with van der Waals surface area (Å²) >= 11 is 5.68. The van der Waals surface area contributed by atoms with Crippen LogP contribution in [0.4, 0.5) is 10.5 Å². The number of carboxylic acids is 1. The molecule has 8 heteroatoms. The molecule has 0 spiro atoms. The van der Waals surface area contributed by atoms with Gasteiger partial charge in [-0.05, 0) is 18.2 Å². The number of likely N-dealkylation sites (N-methyl/N-ethyl adjacent to an activating group) is 1. The molecule has 0 radical (unpaired) electrons. The lowest BCUT2D eigenvalue weighted by atomic mass is 10.2. The molecule has 0 atom stereocenters. The van der Waals surface area contributed by atoms with E-state index in [0.717, 1.165) is 4.90 Å². The minimum absolute atomic E-state index is 0.0817. The van der Waals surface area contributed by atoms with Gasteiger partial charge >= 0.3 is 12.0 Å². The first kappa shape index (κ1) is 14.8. The second-order valence-corrected chi connectivity index (χ2v) is 4.18. The molecular weight excluding hydrogens is 274 g/mol. The highest BCUT2D eigenvalue weighted by Gasteiger charge is 2.16. The number of aromatic carboxylic acids is 1. The predicted molar refractivity (Wildman–Crippen MR) is 69.3 cm³/mol. The Bertz CT molecular complexity index is 533. The smallest absolute Gasteiger partial charge is 0.337 e. The Balaban J connectivity index is 2.90. The molecule has 0 fully saturated rings. The van der Waals surface area contributed by atoms with Crippen molar-refractivity contribution >= 4 is 35.2 Å². The number of nitrogens with two attached hydrogens (primary N) is 1. The average Bonchev–Trinajstić information content (AvgIpc) is 2.30. The van der Waals surface area contributed by atoms with E-state index in [1.165, 1.54) is 25.2 Å². The molecule has 1 aromatic carbocycles. The molecule has 3 amide bonds. The van der Waals surface area contributed by atoms with Crippen LogP contribution in [-0.4, -0.2) is 41.5 Å². The lowest BCUT2D eigenvalue weighted by Crippen LogP contribution is -2.38. The first-order chi connectivity index (χ1) is 8.81. The predicted octanol–water partition coefficient (Wildman–Crippen LogP) is 0.987. The van der Waals surface area contributed by atoms with Gasteiger partial charge in [0.05, 0.1) is 11.3 Å². The number of urea groups is 1. The maximum absolute atomic E-state index is 11.7. The number of carbonyl (C=O) groups is 3. The molecule has 0 heterocycles. The van der Waals surface area contributed by atoms with E-state index in [0.29, 0.717) is 0 Å². The Morgan fingerprint density at radius 3 is 2.58 bits per heavy atom. The standard InChI is InChI=1S/C11H12ClN3O4/c1-15(5-9(13)16)11(19)14-8-3-2-6(12)4-7(8)10(17)18/h2-4H,5H2,1H3,(H2,13,16)(H,14,19)(H,17,18). The van der Waals surface area contributed by atoms with Gasteiger partial charge in [-0.2, -0.15) is 0 Å². The van der Waals surface area contributed by atoms with Crippen LogP contribution in [0, 0.1) is 0 Å². The number of halogens is 1. The highest BCUT2D eigenvalue weighted by molar-refractivity contribution is 6.31. The van der Waals surface area contributed by atoms with E-state index in [4.69, 9.17) is 22.4 Å². The second-order valence-electron chi connectivity index (χ2n) is 3.75. The maximum Gasteiger partial charge on any atom is 0.337 e. The molecule has 1 rings (SSSR count). The van der Waals surface area contributed by atoms with Gasteiger partial charge in [-0.15, -0.1) is 0 Å². The SMILES string of the molecule is CN(CC(N)=O)C(=O)Nc1ccc(Cl)cc1C(=O)O. The molecule has 0 aliphatic carbocycles. The number of nitrogens with one attached hydrogen (secondary N) is 1. The quantitative estimate of drug-likeness (QED) is 0.765. The van der Waals surface area contributed by atoms with Crippen molar-refractivity contribution in [2.24, 2.45) is 5.73 Å². The van der Waals surface area contributed by atoms with E-state index in [9.17, 15) is 14.4 Å². The molecule has 4 N–H and O–H groups in total. The molecule has 0 aliphatic heterocycles. The van der Waals surface area contributed by atoms with E-state index >= 15 is 0 Å². The molecule has 102 valence electrons. The monoisotopic (exact) mass is 285 g/mol. The van der Waals surface area contributed by atoms with Crippen molar-refractivity contribution in [3.05, 3.63) is 28.8 Å². The largest absolute Gasteiger partial charge is 0.478 e. The first-order valence-electron chi connectivity index (χ1n) is 5.14. The fraction of sp³-hybridized carbons (Fsp3) is 0.182. The lowest BCUT2D eigenvalue weighted by Gasteiger charge is -2.17. The summed E-state index contributed by atoms with van der Waals surface area (Å²) in [4.78, 5) is 34.4. The third kappa shape index (κ3) is 4.14. The minimum atomic E-state index is -1.23. The van der Waals surface area contributed by atoms with Gasteiger partial charge in [0.25, 0.3) is 0 Å². The molecule has 0 aliphatic rings. The molecular formula is C11H12ClN3O4. The van der Waals surface area contributed by atoms with Crippen molar-refractivity contribution in [3.63, 3.8) is 0 Å². The fourth-order valence-electron chi connectivity index (χ4n) is 1.32. The van der Waals surface area contributed by atoms with E-state index in [1.54, 1.807) is 0 Å². The highest BCUT2D eigenvalue weighted by atomic mass is 35.5. The van der Waals surface area contributed by atoms with Gasteiger partial charge in [-0.1, -0.05) is 11.6 Å². The van der Waals surface area contributed by atoms with Crippen molar-refractivity contribution < 1.29 is 19.5 Å². The number of carboxylic acid groups (broad SMARTS) is 1. The Morgan fingerprint density at radius 1 is 1.42 bits per heavy atom. The van der Waals surface area contributed by atoms with Gasteiger partial charge < -0.3 is 21.1 Å². The normalized spacial score (nSPS) is 9.79. The zero-order chi connectivity index (χ0) is 14.6. The average molecular weight is 286 g/mol. The van der Waals surface area contributed by atoms with Crippen molar-refractivity contribution in [3.8, 4) is 0 Å². The van der Waals surface area contributed by atoms with Crippen LogP contribution in [0.25, 0.3) is 0 Å². The third-order valence-corrected chi connectivity index (χ3v) is 2.43. The van der Waals surface area contributed by atoms with Crippen LogP contribution >= 0.6 is 11.6 Å². The molecule has 1 aromatic rings. The number of nitrogens with zero attached hydrogens (tertiary/aromatic N) is 1. The summed E-state index contributed by atoms with van der Waals surface area (Å²) in [6, 6.07) is 3.37. The van der Waals surface area contributed by atoms with E-state index < -0.39 is 17.9 Å². The zero-order valence-corrected chi connectivity index (χ0v) is 10.8. The van der Waals surface area contributed by atoms with Crippen LogP contribution in [0.1, 0.15) is 10.4 Å². The molecule has 7 nitrogen and oxygen atoms in total. The molecule has 0 aromatic heterocycles. The summed E-state index contributed by atoms with van der Waals surface area (Å²) < 4.78 is 0. The van der Waals surface area contributed by atoms with Crippen LogP contribution < -0.4 is 11.1 Å². The summed E-state index contributed by atoms with van der Waals surface area (Å²) in [5.41, 5.74) is 4.89. The van der Waals surface area contributed by atoms with Crippen molar-refractivity contribution in [1.82, 2.24) is 4.90 Å². The number of amides is 3. The van der Waals surface area contributed by atoms with Crippen LogP contribution in [0.5, 0.6) is 0 Å². The molecule has 0 bridgehead atoms. The van der Waals surface area contributed by atoms with Crippen molar-refractivity contribution in [2.75, 3.05) is 18.9 Å². The lowest BCUT2D eigenvalue weighted by molar-refractivity contribution is -0.118. The number of anilines is 1. The van der Waals surface area contributed by atoms with Crippen LogP contribution in [0.3, 0.4) is 0 Å². The van der Waals surface area contributed by atoms with Crippen molar-refractivity contribution in [1.29, 1.82) is 0 Å². The second kappa shape index (κ2) is 6.05. The Kier molecular flexibility index (Phi) is 4.71. The van der Waals surface area contributed by atoms with Crippen LogP contribution in [0.2, 0.25) is 5.02 Å². The van der Waals surface area contributed by atoms with Gasteiger partial charge in [0, 0.05) is 12.1 Å². The topological polar surface area (TPSA) is 113 Å². The summed E-state index contributed by atoms with van der Waals surface area (Å²) in [7, 11) is 1.36. The number of primary amides is 1. The van der Waals surface area contributed by atoms with Gasteiger partial charge in [-0.3, -0.25) is 4.79 Å². The summed E-state index contributed by atoms with van der Waals surface area (Å²) in [5.74, 6) is -1.90. The molecule has 19 heavy (non-hydrogen) atoms. The number of rotatable bonds is 4. The molecule has 0 saturated heterocycles. The zero-order valence-electron chi connectivity index (χ0n) is 10.0. The summed E-state index contributed by atoms with van der Waals surface area (Å²) in [5, 5.41) is 11.6. The van der Waals surface area contributed by atoms with Crippen LogP contribution in [0.15, 0.2) is 18.2 Å². The fourth-order valence-corrected chi connectivity index (χ4v) is 1.49. The Morgan fingerprint density at radius 2 is 2.05 bits per heavy atom. The number of benzene rings is 1. The summed E-state index contributed by atoms with van der Waals surface area (Å²) in [6.45, 7) is -0.276. The molecule has 0 saturated carbocycles. The number of hydrogen-bond acceptors (Lipinski definition) is 3. The number of hydrogen-bond donors (Lipinski definition) is 3. The van der Waals surface area contributed by atoms with Gasteiger partial charge in [-0.25, -0.2) is 9.59 Å². The minimum Gasteiger partial charge on any atom is -0.478 e. The Labute approximate surface area is 113 Å². The van der Waals surface area contributed by atoms with Gasteiger partial charge in [0.15, 0.2) is 0 Å². The highest BCUT2D eigenvalue weighted by Crippen LogP contribution is 2.21. The molecule has 0 unspecified atom stereocenters. The maximum atomic E-state index is 11.7. The number of carbonyl (C=O) groups excluding carboxylic acids is 2. The van der Waals surface area contributed by atoms with Gasteiger partial charge in [0.2, 0.25) is 5.91 Å². The van der Waals surface area contributed by atoms with Crippen molar-refractivity contribution in [2.45, 2.75) is 0 Å². The van der Waals surface area contributed by atoms with E-state index in [1.807, 2.05) is 0 Å². The summed E-state index contributed by atoms with van der Waals surface area (Å²) in [6.07, 6.45) is 0. The third-order valence-electron chi connectivity index (χ3n) is 2.19.